The van der Waals surface area contributed by atoms with Gasteiger partial charge in [-0.2, -0.15) is 4.98 Å². The van der Waals surface area contributed by atoms with Gasteiger partial charge in [0.25, 0.3) is 0 Å². The maximum atomic E-state index is 5.47. The van der Waals surface area contributed by atoms with Crippen LogP contribution in [0.25, 0.3) is 0 Å². The van der Waals surface area contributed by atoms with E-state index < -0.39 is 0 Å². The van der Waals surface area contributed by atoms with E-state index in [1.54, 1.807) is 11.3 Å². The fraction of sp³-hybridized carbons (Fsp3) is 0.615. The van der Waals surface area contributed by atoms with Crippen molar-refractivity contribution in [3.8, 4) is 0 Å². The van der Waals surface area contributed by atoms with Gasteiger partial charge in [0.15, 0.2) is 11.0 Å². The number of aromatic nitrogens is 3. The topological polar surface area (TPSA) is 67.1 Å². The second kappa shape index (κ2) is 7.20. The molecule has 8 heteroatoms. The van der Waals surface area contributed by atoms with Crippen molar-refractivity contribution in [1.82, 2.24) is 20.4 Å². The third-order valence-electron chi connectivity index (χ3n) is 3.67. The third kappa shape index (κ3) is 3.53. The molecule has 0 aliphatic carbocycles. The minimum absolute atomic E-state index is 0. The van der Waals surface area contributed by atoms with Gasteiger partial charge in [0.05, 0.1) is 0 Å². The number of anilines is 1. The second-order valence-electron chi connectivity index (χ2n) is 5.11. The highest BCUT2D eigenvalue weighted by molar-refractivity contribution is 7.13. The predicted molar refractivity (Wildman–Crippen MR) is 85.2 cm³/mol. The Morgan fingerprint density at radius 1 is 1.57 bits per heavy atom. The lowest BCUT2D eigenvalue weighted by atomic mass is 10.2. The van der Waals surface area contributed by atoms with E-state index in [4.69, 9.17) is 4.52 Å². The number of rotatable bonds is 5. The van der Waals surface area contributed by atoms with E-state index in [-0.39, 0.29) is 18.4 Å². The van der Waals surface area contributed by atoms with E-state index in [1.165, 1.54) is 0 Å². The fourth-order valence-electron chi connectivity index (χ4n) is 2.47. The van der Waals surface area contributed by atoms with Crippen molar-refractivity contribution in [3.63, 3.8) is 0 Å². The third-order valence-corrected chi connectivity index (χ3v) is 4.48. The fourth-order valence-corrected chi connectivity index (χ4v) is 3.19. The molecule has 1 N–H and O–H groups in total. The molecule has 2 unspecified atom stereocenters. The van der Waals surface area contributed by atoms with E-state index in [0.717, 1.165) is 42.7 Å². The Bertz CT molecular complexity index is 547. The monoisotopic (exact) mass is 329 g/mol. The van der Waals surface area contributed by atoms with Crippen LogP contribution in [0.2, 0.25) is 0 Å². The number of nitrogens with zero attached hydrogens (tertiary/aromatic N) is 4. The molecule has 0 spiro atoms. The van der Waals surface area contributed by atoms with E-state index >= 15 is 0 Å². The summed E-state index contributed by atoms with van der Waals surface area (Å²) in [7, 11) is 1.94. The Hall–Kier alpha value is -1.18. The molecule has 2 atom stereocenters. The minimum Gasteiger partial charge on any atom is -0.337 e. The Morgan fingerprint density at radius 3 is 3.14 bits per heavy atom. The zero-order chi connectivity index (χ0) is 13.9. The highest BCUT2D eigenvalue weighted by Crippen LogP contribution is 2.36. The number of nitrogens with one attached hydrogen (secondary N) is 1. The van der Waals surface area contributed by atoms with E-state index in [2.05, 4.69) is 32.3 Å². The van der Waals surface area contributed by atoms with Gasteiger partial charge in [-0.1, -0.05) is 5.16 Å². The van der Waals surface area contributed by atoms with Crippen LogP contribution in [-0.4, -0.2) is 34.8 Å². The van der Waals surface area contributed by atoms with Crippen molar-refractivity contribution in [1.29, 1.82) is 0 Å². The summed E-state index contributed by atoms with van der Waals surface area (Å²) in [4.78, 5) is 11.2. The van der Waals surface area contributed by atoms with Gasteiger partial charge in [0.1, 0.15) is 6.04 Å². The first-order valence-corrected chi connectivity index (χ1v) is 7.81. The molecule has 116 valence electrons. The van der Waals surface area contributed by atoms with Crippen molar-refractivity contribution in [2.24, 2.45) is 0 Å². The number of thiazole rings is 1. The number of halogens is 1. The van der Waals surface area contributed by atoms with Gasteiger partial charge in [0, 0.05) is 30.6 Å². The van der Waals surface area contributed by atoms with Crippen molar-refractivity contribution < 1.29 is 4.52 Å². The Kier molecular flexibility index (Phi) is 5.55. The summed E-state index contributed by atoms with van der Waals surface area (Å²) in [5, 5.41) is 10.3. The lowest BCUT2D eigenvalue weighted by Crippen LogP contribution is -2.24. The number of likely N-dealkylation sites (N-methyl/N-ethyl adjacent to an activating group) is 1. The summed E-state index contributed by atoms with van der Waals surface area (Å²) in [6.07, 6.45) is 4.80. The van der Waals surface area contributed by atoms with Crippen LogP contribution in [0.15, 0.2) is 16.1 Å². The summed E-state index contributed by atoms with van der Waals surface area (Å²) in [5.41, 5.74) is 0. The van der Waals surface area contributed by atoms with Gasteiger partial charge in [-0.3, -0.25) is 0 Å². The molecule has 0 aromatic carbocycles. The Balaban J connectivity index is 0.00000161. The maximum Gasteiger partial charge on any atom is 0.249 e. The van der Waals surface area contributed by atoms with Crippen LogP contribution in [0.1, 0.15) is 37.5 Å². The summed E-state index contributed by atoms with van der Waals surface area (Å²) < 4.78 is 5.47. The van der Waals surface area contributed by atoms with Crippen LogP contribution in [0.4, 0.5) is 5.13 Å². The van der Waals surface area contributed by atoms with Crippen LogP contribution < -0.4 is 10.2 Å². The van der Waals surface area contributed by atoms with Gasteiger partial charge in [-0.05, 0) is 26.8 Å². The highest BCUT2D eigenvalue weighted by Gasteiger charge is 2.32. The maximum absolute atomic E-state index is 5.47. The van der Waals surface area contributed by atoms with Gasteiger partial charge in [-0.15, -0.1) is 23.7 Å². The number of hydrogen-bond acceptors (Lipinski definition) is 7. The molecule has 21 heavy (non-hydrogen) atoms. The second-order valence-corrected chi connectivity index (χ2v) is 5.98. The minimum atomic E-state index is 0. The Morgan fingerprint density at radius 2 is 2.43 bits per heavy atom. The predicted octanol–water partition coefficient (Wildman–Crippen LogP) is 2.44. The summed E-state index contributed by atoms with van der Waals surface area (Å²) in [6, 6.07) is 0.520. The molecule has 1 saturated heterocycles. The lowest BCUT2D eigenvalue weighted by Gasteiger charge is -2.20. The molecule has 2 aromatic rings. The average molecular weight is 330 g/mol. The van der Waals surface area contributed by atoms with Gasteiger partial charge >= 0.3 is 0 Å². The van der Waals surface area contributed by atoms with Crippen molar-refractivity contribution in [2.45, 2.75) is 38.3 Å². The van der Waals surface area contributed by atoms with E-state index in [1.807, 2.05) is 18.6 Å². The largest absolute Gasteiger partial charge is 0.337 e. The van der Waals surface area contributed by atoms with Gasteiger partial charge in [-0.25, -0.2) is 4.98 Å². The standard InChI is InChI=1S/C13H19N5OS.ClH/c1-9(14-2)8-11-16-12(19-17-11)10-4-3-6-18(10)13-15-5-7-20-13;/h5,7,9-10,14H,3-4,6,8H2,1-2H3;1H. The normalized spacial score (nSPS) is 19.5. The van der Waals surface area contributed by atoms with Crippen LogP contribution in [0.3, 0.4) is 0 Å². The van der Waals surface area contributed by atoms with Gasteiger partial charge < -0.3 is 14.7 Å². The van der Waals surface area contributed by atoms with Crippen molar-refractivity contribution >= 4 is 28.9 Å². The first-order chi connectivity index (χ1) is 9.78. The first-order valence-electron chi connectivity index (χ1n) is 6.94. The molecule has 0 radical (unpaired) electrons. The molecule has 0 amide bonds. The van der Waals surface area contributed by atoms with E-state index in [0.29, 0.717) is 6.04 Å². The molecule has 6 nitrogen and oxygen atoms in total. The van der Waals surface area contributed by atoms with Crippen molar-refractivity contribution in [2.75, 3.05) is 18.5 Å². The molecule has 3 rings (SSSR count). The average Bonchev–Trinajstić information content (AvgIpc) is 3.18. The van der Waals surface area contributed by atoms with Gasteiger partial charge in [0.2, 0.25) is 5.89 Å². The summed E-state index contributed by atoms with van der Waals surface area (Å²) >= 11 is 1.65. The number of hydrogen-bond donors (Lipinski definition) is 1. The zero-order valence-electron chi connectivity index (χ0n) is 12.2. The molecule has 3 heterocycles. The van der Waals surface area contributed by atoms with Crippen LogP contribution in [0, 0.1) is 0 Å². The van der Waals surface area contributed by atoms with Crippen molar-refractivity contribution in [3.05, 3.63) is 23.3 Å². The molecule has 0 saturated carbocycles. The molecular formula is C13H20ClN5OS. The molecule has 0 bridgehead atoms. The van der Waals surface area contributed by atoms with Crippen LogP contribution in [0.5, 0.6) is 0 Å². The molecule has 1 aliphatic heterocycles. The first kappa shape index (κ1) is 16.2. The molecule has 1 aliphatic rings. The SMILES string of the molecule is CNC(C)Cc1noc(C2CCCN2c2nccs2)n1.Cl. The molecule has 1 fully saturated rings. The van der Waals surface area contributed by atoms with Crippen LogP contribution >= 0.6 is 23.7 Å². The van der Waals surface area contributed by atoms with Crippen LogP contribution in [-0.2, 0) is 6.42 Å². The summed E-state index contributed by atoms with van der Waals surface area (Å²) in [5.74, 6) is 1.49. The quantitative estimate of drug-likeness (QED) is 0.908. The lowest BCUT2D eigenvalue weighted by molar-refractivity contribution is 0.349. The zero-order valence-corrected chi connectivity index (χ0v) is 13.8. The molecular weight excluding hydrogens is 310 g/mol. The van der Waals surface area contributed by atoms with E-state index in [9.17, 15) is 0 Å². The smallest absolute Gasteiger partial charge is 0.249 e. The summed E-state index contributed by atoms with van der Waals surface area (Å²) in [6.45, 7) is 3.11. The molecule has 2 aromatic heterocycles. The highest BCUT2D eigenvalue weighted by atomic mass is 35.5. The Labute approximate surface area is 134 Å².